The minimum Gasteiger partial charge on any atom is -0.396 e. The van der Waals surface area contributed by atoms with E-state index in [0.29, 0.717) is 0 Å². The number of pyridine rings is 1. The quantitative estimate of drug-likeness (QED) is 0.798. The summed E-state index contributed by atoms with van der Waals surface area (Å²) < 4.78 is 0. The minimum absolute atomic E-state index is 0.131. The van der Waals surface area contributed by atoms with Gasteiger partial charge in [0.2, 0.25) is 0 Å². The van der Waals surface area contributed by atoms with Gasteiger partial charge in [-0.3, -0.25) is 4.98 Å². The SMILES string of the molecule is CC(C)(C)C(CCO)Nc1ccncc1. The number of hydrogen-bond donors (Lipinski definition) is 2. The van der Waals surface area contributed by atoms with Gasteiger partial charge in [-0.15, -0.1) is 0 Å². The number of aromatic nitrogens is 1. The summed E-state index contributed by atoms with van der Waals surface area (Å²) in [4.78, 5) is 3.97. The van der Waals surface area contributed by atoms with Crippen molar-refractivity contribution in [2.24, 2.45) is 5.41 Å². The summed E-state index contributed by atoms with van der Waals surface area (Å²) in [5, 5.41) is 12.4. The highest BCUT2D eigenvalue weighted by atomic mass is 16.3. The van der Waals surface area contributed by atoms with Crippen LogP contribution in [0.4, 0.5) is 5.69 Å². The molecule has 0 aromatic carbocycles. The average Bonchev–Trinajstić information content (AvgIpc) is 2.17. The standard InChI is InChI=1S/C12H20N2O/c1-12(2,3)11(6-9-15)14-10-4-7-13-8-5-10/h4-5,7-8,11,15H,6,9H2,1-3H3,(H,13,14). The molecule has 0 bridgehead atoms. The van der Waals surface area contributed by atoms with Crippen LogP contribution in [0.25, 0.3) is 0 Å². The summed E-state index contributed by atoms with van der Waals surface area (Å²) in [7, 11) is 0. The van der Waals surface area contributed by atoms with Gasteiger partial charge in [-0.25, -0.2) is 0 Å². The largest absolute Gasteiger partial charge is 0.396 e. The van der Waals surface area contributed by atoms with E-state index < -0.39 is 0 Å². The van der Waals surface area contributed by atoms with Crippen molar-refractivity contribution >= 4 is 5.69 Å². The summed E-state index contributed by atoms with van der Waals surface area (Å²) in [6, 6.07) is 4.15. The molecule has 3 nitrogen and oxygen atoms in total. The molecule has 3 heteroatoms. The first-order valence-electron chi connectivity index (χ1n) is 5.31. The van der Waals surface area contributed by atoms with E-state index in [2.05, 4.69) is 31.1 Å². The number of aliphatic hydroxyl groups is 1. The van der Waals surface area contributed by atoms with E-state index in [9.17, 15) is 0 Å². The minimum atomic E-state index is 0.131. The number of anilines is 1. The second-order valence-electron chi connectivity index (χ2n) is 4.81. The molecule has 1 atom stereocenters. The van der Waals surface area contributed by atoms with Crippen molar-refractivity contribution in [3.8, 4) is 0 Å². The van der Waals surface area contributed by atoms with Crippen LogP contribution < -0.4 is 5.32 Å². The lowest BCUT2D eigenvalue weighted by Crippen LogP contribution is -2.34. The monoisotopic (exact) mass is 208 g/mol. The molecule has 1 unspecified atom stereocenters. The average molecular weight is 208 g/mol. The summed E-state index contributed by atoms with van der Waals surface area (Å²) in [5.74, 6) is 0. The normalized spacial score (nSPS) is 13.6. The topological polar surface area (TPSA) is 45.1 Å². The Balaban J connectivity index is 2.67. The van der Waals surface area contributed by atoms with Gasteiger partial charge in [-0.1, -0.05) is 20.8 Å². The molecule has 0 amide bonds. The first-order valence-corrected chi connectivity index (χ1v) is 5.31. The molecule has 0 radical (unpaired) electrons. The van der Waals surface area contributed by atoms with Crippen LogP contribution in [-0.4, -0.2) is 22.7 Å². The summed E-state index contributed by atoms with van der Waals surface area (Å²) in [6.45, 7) is 6.71. The van der Waals surface area contributed by atoms with Gasteiger partial charge >= 0.3 is 0 Å². The maximum Gasteiger partial charge on any atom is 0.0450 e. The summed E-state index contributed by atoms with van der Waals surface area (Å²) in [6.07, 6.45) is 4.29. The Bertz CT molecular complexity index is 279. The molecule has 1 heterocycles. The Morgan fingerprint density at radius 1 is 1.33 bits per heavy atom. The van der Waals surface area contributed by atoms with Crippen LogP contribution in [0.2, 0.25) is 0 Å². The molecule has 84 valence electrons. The lowest BCUT2D eigenvalue weighted by atomic mass is 9.85. The molecule has 0 spiro atoms. The van der Waals surface area contributed by atoms with Crippen LogP contribution in [0.15, 0.2) is 24.5 Å². The number of rotatable bonds is 4. The van der Waals surface area contributed by atoms with Crippen molar-refractivity contribution in [2.75, 3.05) is 11.9 Å². The third kappa shape index (κ3) is 3.88. The zero-order valence-corrected chi connectivity index (χ0v) is 9.70. The molecule has 0 aliphatic heterocycles. The van der Waals surface area contributed by atoms with E-state index >= 15 is 0 Å². The number of hydrogen-bond acceptors (Lipinski definition) is 3. The highest BCUT2D eigenvalue weighted by Gasteiger charge is 2.23. The van der Waals surface area contributed by atoms with Crippen LogP contribution >= 0.6 is 0 Å². The van der Waals surface area contributed by atoms with Gasteiger partial charge in [0, 0.05) is 30.7 Å². The lowest BCUT2D eigenvalue weighted by Gasteiger charge is -2.32. The molecule has 1 aromatic heterocycles. The van der Waals surface area contributed by atoms with Gasteiger partial charge in [-0.05, 0) is 24.0 Å². The summed E-state index contributed by atoms with van der Waals surface area (Å²) in [5.41, 5.74) is 1.19. The Morgan fingerprint density at radius 2 is 1.93 bits per heavy atom. The van der Waals surface area contributed by atoms with Crippen LogP contribution in [0.5, 0.6) is 0 Å². The fourth-order valence-corrected chi connectivity index (χ4v) is 1.50. The van der Waals surface area contributed by atoms with Crippen LogP contribution in [0, 0.1) is 5.41 Å². The molecule has 0 aliphatic carbocycles. The summed E-state index contributed by atoms with van der Waals surface area (Å²) >= 11 is 0. The predicted molar refractivity (Wildman–Crippen MR) is 62.8 cm³/mol. The van der Waals surface area contributed by atoms with Crippen LogP contribution in [-0.2, 0) is 0 Å². The molecular weight excluding hydrogens is 188 g/mol. The molecule has 0 fully saturated rings. The lowest BCUT2D eigenvalue weighted by molar-refractivity contribution is 0.235. The molecule has 0 saturated carbocycles. The van der Waals surface area contributed by atoms with E-state index in [0.717, 1.165) is 12.1 Å². The fraction of sp³-hybridized carbons (Fsp3) is 0.583. The van der Waals surface area contributed by atoms with Crippen LogP contribution in [0.1, 0.15) is 27.2 Å². The van der Waals surface area contributed by atoms with Crippen molar-refractivity contribution in [3.63, 3.8) is 0 Å². The Hall–Kier alpha value is -1.09. The van der Waals surface area contributed by atoms with Gasteiger partial charge in [0.1, 0.15) is 0 Å². The molecule has 1 rings (SSSR count). The fourth-order valence-electron chi connectivity index (χ4n) is 1.50. The highest BCUT2D eigenvalue weighted by Crippen LogP contribution is 2.25. The van der Waals surface area contributed by atoms with Crippen molar-refractivity contribution < 1.29 is 5.11 Å². The molecule has 0 aliphatic rings. The maximum atomic E-state index is 9.03. The van der Waals surface area contributed by atoms with E-state index in [-0.39, 0.29) is 18.1 Å². The van der Waals surface area contributed by atoms with Gasteiger partial charge in [0.15, 0.2) is 0 Å². The second-order valence-corrected chi connectivity index (χ2v) is 4.81. The number of nitrogens with zero attached hydrogens (tertiary/aromatic N) is 1. The Morgan fingerprint density at radius 3 is 2.40 bits per heavy atom. The second kappa shape index (κ2) is 5.12. The van der Waals surface area contributed by atoms with Gasteiger partial charge < -0.3 is 10.4 Å². The van der Waals surface area contributed by atoms with Gasteiger partial charge in [0.25, 0.3) is 0 Å². The van der Waals surface area contributed by atoms with Gasteiger partial charge in [-0.2, -0.15) is 0 Å². The molecule has 0 saturated heterocycles. The van der Waals surface area contributed by atoms with E-state index in [1.54, 1.807) is 12.4 Å². The zero-order valence-electron chi connectivity index (χ0n) is 9.70. The molecule has 1 aromatic rings. The van der Waals surface area contributed by atoms with E-state index in [1.807, 2.05) is 12.1 Å². The van der Waals surface area contributed by atoms with Crippen molar-refractivity contribution in [2.45, 2.75) is 33.2 Å². The van der Waals surface area contributed by atoms with Gasteiger partial charge in [0.05, 0.1) is 0 Å². The van der Waals surface area contributed by atoms with Crippen molar-refractivity contribution in [3.05, 3.63) is 24.5 Å². The number of aliphatic hydroxyl groups excluding tert-OH is 1. The molecule has 2 N–H and O–H groups in total. The first-order chi connectivity index (χ1) is 7.04. The first kappa shape index (κ1) is 12.0. The van der Waals surface area contributed by atoms with E-state index in [1.165, 1.54) is 0 Å². The van der Waals surface area contributed by atoms with Crippen LogP contribution in [0.3, 0.4) is 0 Å². The Labute approximate surface area is 91.5 Å². The smallest absolute Gasteiger partial charge is 0.0450 e. The molecular formula is C12H20N2O. The van der Waals surface area contributed by atoms with Crippen molar-refractivity contribution in [1.82, 2.24) is 4.98 Å². The van der Waals surface area contributed by atoms with Crippen molar-refractivity contribution in [1.29, 1.82) is 0 Å². The third-order valence-electron chi connectivity index (χ3n) is 2.48. The molecule has 15 heavy (non-hydrogen) atoms. The highest BCUT2D eigenvalue weighted by molar-refractivity contribution is 5.42. The Kier molecular flexibility index (Phi) is 4.09. The third-order valence-corrected chi connectivity index (χ3v) is 2.48. The zero-order chi connectivity index (χ0) is 11.3. The van der Waals surface area contributed by atoms with E-state index in [4.69, 9.17) is 5.11 Å². The maximum absolute atomic E-state index is 9.03. The predicted octanol–water partition coefficient (Wildman–Crippen LogP) is 2.29. The number of nitrogens with one attached hydrogen (secondary N) is 1.